The third-order valence-electron chi connectivity index (χ3n) is 6.35. The Morgan fingerprint density at radius 2 is 1.93 bits per heavy atom. The van der Waals surface area contributed by atoms with Crippen LogP contribution in [0.5, 0.6) is 5.75 Å². The van der Waals surface area contributed by atoms with Gasteiger partial charge in [-0.1, -0.05) is 35.1 Å². The van der Waals surface area contributed by atoms with E-state index >= 15 is 0 Å². The molecular weight excluding hydrogens is 615 g/mol. The highest BCUT2D eigenvalue weighted by molar-refractivity contribution is 7.07. The number of hydrogen-bond donors (Lipinski definition) is 0. The van der Waals surface area contributed by atoms with Crippen molar-refractivity contribution in [1.82, 2.24) is 4.57 Å². The maximum Gasteiger partial charge on any atom is 0.434 e. The molecular formula is C28H19ClF3N3O7S. The number of furan rings is 1. The third kappa shape index (κ3) is 5.70. The summed E-state index contributed by atoms with van der Waals surface area (Å²) in [6, 6.07) is 11.2. The van der Waals surface area contributed by atoms with Gasteiger partial charge in [-0.3, -0.25) is 19.5 Å². The van der Waals surface area contributed by atoms with Gasteiger partial charge in [-0.25, -0.2) is 9.79 Å². The predicted molar refractivity (Wildman–Crippen MR) is 150 cm³/mol. The third-order valence-corrected chi connectivity index (χ3v) is 7.58. The Balaban J connectivity index is 1.69. The molecule has 0 bridgehead atoms. The average Bonchev–Trinajstić information content (AvgIpc) is 3.56. The number of ether oxygens (including phenoxy) is 2. The second kappa shape index (κ2) is 11.5. The lowest BCUT2D eigenvalue weighted by molar-refractivity contribution is -0.384. The molecule has 0 N–H and O–H groups in total. The van der Waals surface area contributed by atoms with E-state index in [2.05, 4.69) is 4.99 Å². The summed E-state index contributed by atoms with van der Waals surface area (Å²) in [6.45, 7) is 1.23. The normalized spacial score (nSPS) is 15.2. The van der Waals surface area contributed by atoms with Gasteiger partial charge < -0.3 is 13.9 Å². The molecule has 0 saturated heterocycles. The Hall–Kier alpha value is -4.69. The first kappa shape index (κ1) is 29.8. The molecule has 2 aromatic carbocycles. The zero-order valence-electron chi connectivity index (χ0n) is 22.2. The number of nitro benzene ring substituents is 1. The van der Waals surface area contributed by atoms with Crippen LogP contribution in [-0.2, 0) is 9.53 Å². The van der Waals surface area contributed by atoms with E-state index in [9.17, 15) is 32.9 Å². The first-order chi connectivity index (χ1) is 20.4. The summed E-state index contributed by atoms with van der Waals surface area (Å²) in [7, 11) is 1.37. The number of allylic oxidation sites excluding steroid dienone is 1. The number of esters is 1. The van der Waals surface area contributed by atoms with E-state index in [0.717, 1.165) is 4.57 Å². The Kier molecular flexibility index (Phi) is 7.99. The van der Waals surface area contributed by atoms with Crippen molar-refractivity contribution < 1.29 is 36.8 Å². The number of aromatic nitrogens is 1. The molecule has 4 aromatic rings. The molecule has 0 unspecified atom stereocenters. The second-order valence-electron chi connectivity index (χ2n) is 8.96. The molecule has 0 saturated carbocycles. The molecule has 10 nitrogen and oxygen atoms in total. The Bertz CT molecular complexity index is 1960. The molecule has 2 aromatic heterocycles. The molecule has 0 aliphatic carbocycles. The number of nitro groups is 1. The number of rotatable bonds is 7. The Labute approximate surface area is 248 Å². The summed E-state index contributed by atoms with van der Waals surface area (Å²) in [5.41, 5.74) is -3.05. The van der Waals surface area contributed by atoms with Gasteiger partial charge in [0.25, 0.3) is 11.2 Å². The van der Waals surface area contributed by atoms with Crippen LogP contribution in [-0.4, -0.2) is 35.4 Å². The lowest BCUT2D eigenvalue weighted by atomic mass is 9.95. The minimum atomic E-state index is -5.05. The molecule has 5 rings (SSSR count). The predicted octanol–water partition coefficient (Wildman–Crippen LogP) is 5.17. The van der Waals surface area contributed by atoms with E-state index in [4.69, 9.17) is 25.5 Å². The standard InChI is InChI=1S/C28H19ClF3N3O7S/c1-3-41-26(37)22-23(14-4-6-15(29)7-5-14)34-25(36)21(43-27(34)33-24(22)28(30,31)32)13-17-9-11-20(42-17)18-10-8-16(40-2)12-19(18)35(38)39/h4-13,23H,3H2,1-2H3/b21-13-/t23-/m1/s1. The number of hydrogen-bond acceptors (Lipinski definition) is 9. The van der Waals surface area contributed by atoms with Crippen LogP contribution in [0.2, 0.25) is 5.02 Å². The summed E-state index contributed by atoms with van der Waals surface area (Å²) in [6.07, 6.45) is -3.77. The maximum atomic E-state index is 14.3. The van der Waals surface area contributed by atoms with Crippen molar-refractivity contribution in [3.05, 3.63) is 112 Å². The van der Waals surface area contributed by atoms with Crippen molar-refractivity contribution in [2.45, 2.75) is 19.1 Å². The Morgan fingerprint density at radius 3 is 2.56 bits per heavy atom. The van der Waals surface area contributed by atoms with Gasteiger partial charge >= 0.3 is 12.1 Å². The van der Waals surface area contributed by atoms with Gasteiger partial charge in [-0.15, -0.1) is 0 Å². The smallest absolute Gasteiger partial charge is 0.434 e. The number of alkyl halides is 3. The number of fused-ring (bicyclic) bond motifs is 1. The minimum Gasteiger partial charge on any atom is -0.497 e. The summed E-state index contributed by atoms with van der Waals surface area (Å²) < 4.78 is 59.4. The van der Waals surface area contributed by atoms with Crippen LogP contribution >= 0.6 is 22.9 Å². The van der Waals surface area contributed by atoms with Gasteiger partial charge in [0.15, 0.2) is 10.5 Å². The minimum absolute atomic E-state index is 0.0607. The highest BCUT2D eigenvalue weighted by Crippen LogP contribution is 2.39. The first-order valence-corrected chi connectivity index (χ1v) is 13.6. The number of nitrogens with zero attached hydrogens (tertiary/aromatic N) is 3. The molecule has 0 amide bonds. The van der Waals surface area contributed by atoms with Gasteiger partial charge in [0.05, 0.1) is 46.4 Å². The van der Waals surface area contributed by atoms with Gasteiger partial charge in [0.2, 0.25) is 0 Å². The topological polar surface area (TPSA) is 126 Å². The zero-order chi connectivity index (χ0) is 31.1. The summed E-state index contributed by atoms with van der Waals surface area (Å²) in [5, 5.41) is 11.9. The van der Waals surface area contributed by atoms with Crippen molar-refractivity contribution >= 4 is 40.7 Å². The molecule has 3 heterocycles. The van der Waals surface area contributed by atoms with Crippen LogP contribution in [0, 0.1) is 10.1 Å². The van der Waals surface area contributed by atoms with Gasteiger partial charge in [0, 0.05) is 11.1 Å². The largest absolute Gasteiger partial charge is 0.497 e. The van der Waals surface area contributed by atoms with E-state index < -0.39 is 39.9 Å². The number of methoxy groups -OCH3 is 1. The molecule has 43 heavy (non-hydrogen) atoms. The van der Waals surface area contributed by atoms with Crippen LogP contribution in [0.15, 0.2) is 80.1 Å². The molecule has 222 valence electrons. The molecule has 0 spiro atoms. The van der Waals surface area contributed by atoms with Crippen molar-refractivity contribution in [2.75, 3.05) is 13.7 Å². The van der Waals surface area contributed by atoms with E-state index in [-0.39, 0.29) is 50.0 Å². The molecule has 15 heteroatoms. The molecule has 0 radical (unpaired) electrons. The summed E-state index contributed by atoms with van der Waals surface area (Å²) in [5.74, 6) is -0.811. The fourth-order valence-electron chi connectivity index (χ4n) is 4.50. The molecule has 0 fully saturated rings. The first-order valence-electron chi connectivity index (χ1n) is 12.4. The average molecular weight is 634 g/mol. The van der Waals surface area contributed by atoms with Gasteiger partial charge in [-0.05, 0) is 48.9 Å². The summed E-state index contributed by atoms with van der Waals surface area (Å²) in [4.78, 5) is 41.0. The lowest BCUT2D eigenvalue weighted by Gasteiger charge is -2.26. The van der Waals surface area contributed by atoms with Gasteiger partial charge in [-0.2, -0.15) is 13.2 Å². The Morgan fingerprint density at radius 1 is 1.21 bits per heavy atom. The van der Waals surface area contributed by atoms with Crippen molar-refractivity contribution in [3.8, 4) is 17.1 Å². The number of benzene rings is 2. The zero-order valence-corrected chi connectivity index (χ0v) is 23.7. The quantitative estimate of drug-likeness (QED) is 0.156. The highest BCUT2D eigenvalue weighted by Gasteiger charge is 2.45. The number of thiazole rings is 1. The molecule has 1 aliphatic heterocycles. The molecule has 1 aliphatic rings. The van der Waals surface area contributed by atoms with Gasteiger partial charge in [0.1, 0.15) is 17.3 Å². The van der Waals surface area contributed by atoms with E-state index in [1.807, 2.05) is 0 Å². The van der Waals surface area contributed by atoms with Crippen LogP contribution < -0.4 is 19.6 Å². The fourth-order valence-corrected chi connectivity index (χ4v) is 5.61. The number of carbonyl (C=O) groups is 1. The van der Waals surface area contributed by atoms with Crippen LogP contribution in [0.1, 0.15) is 24.3 Å². The number of carbonyl (C=O) groups excluding carboxylic acids is 1. The number of halogens is 4. The van der Waals surface area contributed by atoms with E-state index in [1.165, 1.54) is 74.7 Å². The molecule has 1 atom stereocenters. The fraction of sp³-hybridized carbons (Fsp3) is 0.179. The monoisotopic (exact) mass is 633 g/mol. The van der Waals surface area contributed by atoms with Crippen LogP contribution in [0.25, 0.3) is 17.4 Å². The maximum absolute atomic E-state index is 14.3. The van der Waals surface area contributed by atoms with Crippen LogP contribution in [0.3, 0.4) is 0 Å². The summed E-state index contributed by atoms with van der Waals surface area (Å²) >= 11 is 6.64. The SMILES string of the molecule is CCOC(=O)C1=C(C(F)(F)F)N=c2s/c(=C\c3ccc(-c4ccc(OC)cc4[N+](=O)[O-])o3)c(=O)n2[C@@H]1c1ccc(Cl)cc1. The van der Waals surface area contributed by atoms with Crippen molar-refractivity contribution in [1.29, 1.82) is 0 Å². The lowest BCUT2D eigenvalue weighted by Crippen LogP contribution is -2.41. The van der Waals surface area contributed by atoms with Crippen molar-refractivity contribution in [2.24, 2.45) is 4.99 Å². The highest BCUT2D eigenvalue weighted by atomic mass is 35.5. The van der Waals surface area contributed by atoms with E-state index in [1.54, 1.807) is 0 Å². The van der Waals surface area contributed by atoms with Crippen LogP contribution in [0.4, 0.5) is 18.9 Å². The van der Waals surface area contributed by atoms with E-state index in [0.29, 0.717) is 16.4 Å². The van der Waals surface area contributed by atoms with Crippen molar-refractivity contribution in [3.63, 3.8) is 0 Å². The second-order valence-corrected chi connectivity index (χ2v) is 10.4.